The zero-order chi connectivity index (χ0) is 16.3. The summed E-state index contributed by atoms with van der Waals surface area (Å²) < 4.78 is 12.0. The molecule has 1 amide bonds. The molecule has 22 heavy (non-hydrogen) atoms. The highest BCUT2D eigenvalue weighted by Crippen LogP contribution is 2.32. The average Bonchev–Trinajstić information content (AvgIpc) is 2.48. The summed E-state index contributed by atoms with van der Waals surface area (Å²) in [6.45, 7) is -0.161. The van der Waals surface area contributed by atoms with Crippen LogP contribution in [0, 0.1) is 4.77 Å². The molecule has 0 radical (unpaired) electrons. The van der Waals surface area contributed by atoms with Crippen LogP contribution in [0.4, 0.5) is 0 Å². The van der Waals surface area contributed by atoms with Crippen molar-refractivity contribution >= 4 is 18.1 Å². The number of amides is 1. The SMILES string of the molecule is COc1ccc(OC)c(-c2cc(=O)[nH]c(=S)n2CC(N)=O)c1. The van der Waals surface area contributed by atoms with Crippen molar-refractivity contribution in [3.05, 3.63) is 39.4 Å². The second-order valence-corrected chi connectivity index (χ2v) is 4.83. The van der Waals surface area contributed by atoms with Crippen LogP contribution in [0.25, 0.3) is 11.3 Å². The number of nitrogens with zero attached hydrogens (tertiary/aromatic N) is 1. The molecule has 0 aliphatic carbocycles. The number of nitrogens with two attached hydrogens (primary N) is 1. The molecule has 1 aromatic heterocycles. The Morgan fingerprint density at radius 1 is 1.32 bits per heavy atom. The van der Waals surface area contributed by atoms with Gasteiger partial charge in [-0.1, -0.05) is 0 Å². The Hall–Kier alpha value is -2.61. The molecule has 0 fully saturated rings. The van der Waals surface area contributed by atoms with Crippen molar-refractivity contribution in [3.8, 4) is 22.8 Å². The van der Waals surface area contributed by atoms with E-state index in [1.165, 1.54) is 24.9 Å². The normalized spacial score (nSPS) is 10.3. The van der Waals surface area contributed by atoms with E-state index in [2.05, 4.69) is 4.98 Å². The summed E-state index contributed by atoms with van der Waals surface area (Å²) in [7, 11) is 3.03. The van der Waals surface area contributed by atoms with E-state index in [-0.39, 0.29) is 16.9 Å². The maximum atomic E-state index is 11.8. The number of H-pyrrole nitrogens is 1. The zero-order valence-electron chi connectivity index (χ0n) is 12.1. The Kier molecular flexibility index (Phi) is 4.62. The van der Waals surface area contributed by atoms with E-state index in [1.807, 2.05) is 0 Å². The van der Waals surface area contributed by atoms with Gasteiger partial charge in [0, 0.05) is 11.6 Å². The van der Waals surface area contributed by atoms with Gasteiger partial charge in [-0.05, 0) is 30.4 Å². The number of carbonyl (C=O) groups is 1. The van der Waals surface area contributed by atoms with E-state index < -0.39 is 5.91 Å². The lowest BCUT2D eigenvalue weighted by atomic mass is 10.1. The lowest BCUT2D eigenvalue weighted by Gasteiger charge is -2.15. The smallest absolute Gasteiger partial charge is 0.252 e. The van der Waals surface area contributed by atoms with Gasteiger partial charge in [-0.15, -0.1) is 0 Å². The van der Waals surface area contributed by atoms with Crippen molar-refractivity contribution in [1.29, 1.82) is 0 Å². The molecule has 2 aromatic rings. The first-order chi connectivity index (χ1) is 10.5. The number of methoxy groups -OCH3 is 2. The van der Waals surface area contributed by atoms with Gasteiger partial charge in [0.15, 0.2) is 4.77 Å². The maximum absolute atomic E-state index is 11.8. The molecule has 0 saturated heterocycles. The average molecular weight is 321 g/mol. The van der Waals surface area contributed by atoms with Crippen molar-refractivity contribution in [1.82, 2.24) is 9.55 Å². The lowest BCUT2D eigenvalue weighted by Crippen LogP contribution is -2.23. The van der Waals surface area contributed by atoms with Gasteiger partial charge in [-0.2, -0.15) is 0 Å². The highest BCUT2D eigenvalue weighted by atomic mass is 32.1. The number of benzene rings is 1. The number of rotatable bonds is 5. The minimum absolute atomic E-state index is 0.103. The summed E-state index contributed by atoms with van der Waals surface area (Å²) in [6.07, 6.45) is 0. The Morgan fingerprint density at radius 2 is 2.05 bits per heavy atom. The van der Waals surface area contributed by atoms with Crippen molar-refractivity contribution in [2.24, 2.45) is 5.73 Å². The number of nitrogens with one attached hydrogen (secondary N) is 1. The van der Waals surface area contributed by atoms with E-state index in [4.69, 9.17) is 27.4 Å². The van der Waals surface area contributed by atoms with Gasteiger partial charge in [0.2, 0.25) is 5.91 Å². The third kappa shape index (κ3) is 3.17. The fourth-order valence-electron chi connectivity index (χ4n) is 2.07. The van der Waals surface area contributed by atoms with Crippen LogP contribution in [0.1, 0.15) is 0 Å². The molecule has 3 N–H and O–H groups in total. The molecule has 0 aliphatic rings. The molecule has 1 heterocycles. The number of primary amides is 1. The van der Waals surface area contributed by atoms with E-state index in [1.54, 1.807) is 18.2 Å². The quantitative estimate of drug-likeness (QED) is 0.803. The molecule has 0 bridgehead atoms. The second kappa shape index (κ2) is 6.44. The highest BCUT2D eigenvalue weighted by Gasteiger charge is 2.14. The first kappa shape index (κ1) is 15.8. The maximum Gasteiger partial charge on any atom is 0.252 e. The summed E-state index contributed by atoms with van der Waals surface area (Å²) in [5.74, 6) is 0.512. The van der Waals surface area contributed by atoms with Gasteiger partial charge in [0.25, 0.3) is 5.56 Å². The monoisotopic (exact) mass is 321 g/mol. The third-order valence-electron chi connectivity index (χ3n) is 3.03. The first-order valence-electron chi connectivity index (χ1n) is 6.31. The minimum Gasteiger partial charge on any atom is -0.497 e. The molecule has 116 valence electrons. The van der Waals surface area contributed by atoms with Gasteiger partial charge in [-0.25, -0.2) is 0 Å². The summed E-state index contributed by atoms with van der Waals surface area (Å²) in [6, 6.07) is 6.45. The van der Waals surface area contributed by atoms with Crippen LogP contribution in [0.3, 0.4) is 0 Å². The minimum atomic E-state index is -0.578. The molecule has 8 heteroatoms. The van der Waals surface area contributed by atoms with Gasteiger partial charge >= 0.3 is 0 Å². The number of hydrogen-bond acceptors (Lipinski definition) is 5. The Balaban J connectivity index is 2.78. The van der Waals surface area contributed by atoms with E-state index in [0.717, 1.165) is 0 Å². The first-order valence-corrected chi connectivity index (χ1v) is 6.72. The topological polar surface area (TPSA) is 99.3 Å². The van der Waals surface area contributed by atoms with Crippen LogP contribution in [-0.2, 0) is 11.3 Å². The molecular formula is C14H15N3O4S. The fraction of sp³-hybridized carbons (Fsp3) is 0.214. The summed E-state index contributed by atoms with van der Waals surface area (Å²) in [5, 5.41) is 0. The van der Waals surface area contributed by atoms with Crippen LogP contribution in [-0.4, -0.2) is 29.7 Å². The van der Waals surface area contributed by atoms with Gasteiger partial charge in [-0.3, -0.25) is 14.6 Å². The summed E-state index contributed by atoms with van der Waals surface area (Å²) in [4.78, 5) is 25.5. The number of ether oxygens (including phenoxy) is 2. The molecular weight excluding hydrogens is 306 g/mol. The molecule has 7 nitrogen and oxygen atoms in total. The predicted octanol–water partition coefficient (Wildman–Crippen LogP) is 1.08. The van der Waals surface area contributed by atoms with E-state index in [0.29, 0.717) is 22.8 Å². The zero-order valence-corrected chi connectivity index (χ0v) is 12.9. The number of aromatic nitrogens is 2. The molecule has 0 spiro atoms. The van der Waals surface area contributed by atoms with Crippen molar-refractivity contribution < 1.29 is 14.3 Å². The van der Waals surface area contributed by atoms with Gasteiger partial charge < -0.3 is 19.8 Å². The highest BCUT2D eigenvalue weighted by molar-refractivity contribution is 7.71. The van der Waals surface area contributed by atoms with Crippen LogP contribution in [0.5, 0.6) is 11.5 Å². The third-order valence-corrected chi connectivity index (χ3v) is 3.35. The van der Waals surface area contributed by atoms with Crippen LogP contribution >= 0.6 is 12.2 Å². The standard InChI is InChI=1S/C14H15N3O4S/c1-20-8-3-4-11(21-2)9(5-8)10-6-13(19)16-14(22)17(10)7-12(15)18/h3-6H,7H2,1-2H3,(H2,15,18)(H,16,19,22). The number of hydrogen-bond donors (Lipinski definition) is 2. The lowest BCUT2D eigenvalue weighted by molar-refractivity contribution is -0.118. The van der Waals surface area contributed by atoms with Gasteiger partial charge in [0.05, 0.1) is 19.9 Å². The number of carbonyl (C=O) groups excluding carboxylic acids is 1. The van der Waals surface area contributed by atoms with Crippen molar-refractivity contribution in [2.45, 2.75) is 6.54 Å². The molecule has 1 aromatic carbocycles. The second-order valence-electron chi connectivity index (χ2n) is 4.44. The predicted molar refractivity (Wildman–Crippen MR) is 83.6 cm³/mol. The Labute approximate surface area is 131 Å². The van der Waals surface area contributed by atoms with Crippen LogP contribution in [0.15, 0.2) is 29.1 Å². The van der Waals surface area contributed by atoms with Crippen LogP contribution < -0.4 is 20.8 Å². The molecule has 0 atom stereocenters. The van der Waals surface area contributed by atoms with Crippen molar-refractivity contribution in [3.63, 3.8) is 0 Å². The van der Waals surface area contributed by atoms with E-state index in [9.17, 15) is 9.59 Å². The van der Waals surface area contributed by atoms with Gasteiger partial charge in [0.1, 0.15) is 18.0 Å². The number of aromatic amines is 1. The summed E-state index contributed by atoms with van der Waals surface area (Å²) >= 11 is 5.11. The summed E-state index contributed by atoms with van der Waals surface area (Å²) in [5.41, 5.74) is 5.86. The van der Waals surface area contributed by atoms with E-state index >= 15 is 0 Å². The van der Waals surface area contributed by atoms with Crippen LogP contribution in [0.2, 0.25) is 0 Å². The Bertz CT molecular complexity index is 826. The fourth-order valence-corrected chi connectivity index (χ4v) is 2.33. The Morgan fingerprint density at radius 3 is 2.64 bits per heavy atom. The largest absolute Gasteiger partial charge is 0.497 e. The molecule has 0 saturated carbocycles. The van der Waals surface area contributed by atoms with Crippen molar-refractivity contribution in [2.75, 3.05) is 14.2 Å². The molecule has 0 unspecified atom stereocenters. The molecule has 2 rings (SSSR count). The molecule has 0 aliphatic heterocycles.